The minimum atomic E-state index is -0.724. The molecule has 0 spiro atoms. The van der Waals surface area contributed by atoms with Crippen LogP contribution in [0.1, 0.15) is 30.0 Å². The van der Waals surface area contributed by atoms with Crippen LogP contribution in [0.15, 0.2) is 12.1 Å². The maximum Gasteiger partial charge on any atom is 0.144 e. The van der Waals surface area contributed by atoms with E-state index in [1.54, 1.807) is 6.07 Å². The molecule has 1 atom stereocenters. The molecule has 1 fully saturated rings. The molecule has 0 unspecified atom stereocenters. The molecule has 4 nitrogen and oxygen atoms in total. The molecule has 0 aromatic heterocycles. The van der Waals surface area contributed by atoms with Crippen LogP contribution >= 0.6 is 0 Å². The molecule has 96 valence electrons. The van der Waals surface area contributed by atoms with Gasteiger partial charge < -0.3 is 15.6 Å². The average molecular weight is 250 g/mol. The molecule has 1 aromatic carbocycles. The maximum atomic E-state index is 13.3. The summed E-state index contributed by atoms with van der Waals surface area (Å²) in [6.45, 7) is 1.29. The Morgan fingerprint density at radius 3 is 2.72 bits per heavy atom. The van der Waals surface area contributed by atoms with Gasteiger partial charge in [-0.1, -0.05) is 6.07 Å². The zero-order valence-corrected chi connectivity index (χ0v) is 9.90. The number of nitriles is 1. The monoisotopic (exact) mass is 250 g/mol. The predicted octanol–water partition coefficient (Wildman–Crippen LogP) is 1.83. The summed E-state index contributed by atoms with van der Waals surface area (Å²) in [5.74, 6) is -0.879. The van der Waals surface area contributed by atoms with Crippen molar-refractivity contribution in [3.05, 3.63) is 29.1 Å². The number of nitrogens with two attached hydrogens (primary N) is 1. The van der Waals surface area contributed by atoms with Gasteiger partial charge in [0, 0.05) is 24.8 Å². The van der Waals surface area contributed by atoms with E-state index in [-0.39, 0.29) is 17.2 Å². The third kappa shape index (κ3) is 2.30. The van der Waals surface area contributed by atoms with Crippen LogP contribution in [-0.2, 0) is 4.74 Å². The molecule has 2 rings (SSSR count). The van der Waals surface area contributed by atoms with E-state index < -0.39 is 11.9 Å². The second-order valence-corrected chi connectivity index (χ2v) is 4.45. The van der Waals surface area contributed by atoms with E-state index in [0.717, 1.165) is 12.8 Å². The zero-order chi connectivity index (χ0) is 13.1. The van der Waals surface area contributed by atoms with E-state index in [0.29, 0.717) is 18.8 Å². The van der Waals surface area contributed by atoms with Crippen LogP contribution in [0.2, 0.25) is 0 Å². The van der Waals surface area contributed by atoms with Gasteiger partial charge in [0.15, 0.2) is 0 Å². The Labute approximate surface area is 105 Å². The summed E-state index contributed by atoms with van der Waals surface area (Å²) >= 11 is 0. The van der Waals surface area contributed by atoms with Gasteiger partial charge in [-0.25, -0.2) is 4.39 Å². The molecular formula is C13H15FN2O2. The Hall–Kier alpha value is -1.64. The number of benzene rings is 1. The lowest BCUT2D eigenvalue weighted by atomic mass is 9.86. The van der Waals surface area contributed by atoms with Gasteiger partial charge in [0.25, 0.3) is 0 Å². The van der Waals surface area contributed by atoms with Gasteiger partial charge in [0.2, 0.25) is 0 Å². The van der Waals surface area contributed by atoms with Crippen molar-refractivity contribution in [2.45, 2.75) is 18.9 Å². The van der Waals surface area contributed by atoms with Gasteiger partial charge in [0.05, 0.1) is 0 Å². The van der Waals surface area contributed by atoms with E-state index in [2.05, 4.69) is 0 Å². The molecule has 0 amide bonds. The van der Waals surface area contributed by atoms with Crippen molar-refractivity contribution in [3.63, 3.8) is 0 Å². The number of ether oxygens (including phenoxy) is 1. The molecule has 0 radical (unpaired) electrons. The first-order valence-electron chi connectivity index (χ1n) is 5.90. The first kappa shape index (κ1) is 12.8. The number of phenols is 1. The van der Waals surface area contributed by atoms with E-state index in [1.807, 2.05) is 0 Å². The number of phenolic OH excluding ortho intramolecular Hbond substituents is 1. The fourth-order valence-corrected chi connectivity index (χ4v) is 2.29. The topological polar surface area (TPSA) is 79.3 Å². The summed E-state index contributed by atoms with van der Waals surface area (Å²) in [4.78, 5) is 0. The van der Waals surface area contributed by atoms with Crippen LogP contribution in [0.5, 0.6) is 5.75 Å². The zero-order valence-electron chi connectivity index (χ0n) is 9.90. The molecule has 1 aliphatic heterocycles. The van der Waals surface area contributed by atoms with Gasteiger partial charge in [-0.3, -0.25) is 0 Å². The summed E-state index contributed by atoms with van der Waals surface area (Å²) in [6.07, 6.45) is 1.61. The number of halogens is 1. The molecular weight excluding hydrogens is 235 g/mol. The predicted molar refractivity (Wildman–Crippen MR) is 63.3 cm³/mol. The first-order chi connectivity index (χ1) is 8.65. The third-order valence-corrected chi connectivity index (χ3v) is 3.40. The van der Waals surface area contributed by atoms with Crippen molar-refractivity contribution in [1.29, 1.82) is 5.26 Å². The van der Waals surface area contributed by atoms with Crippen molar-refractivity contribution in [2.75, 3.05) is 13.2 Å². The largest absolute Gasteiger partial charge is 0.506 e. The number of hydrogen-bond acceptors (Lipinski definition) is 4. The van der Waals surface area contributed by atoms with Crippen molar-refractivity contribution in [2.24, 2.45) is 11.7 Å². The quantitative estimate of drug-likeness (QED) is 0.839. The van der Waals surface area contributed by atoms with Gasteiger partial charge >= 0.3 is 0 Å². The van der Waals surface area contributed by atoms with Crippen molar-refractivity contribution >= 4 is 0 Å². The molecule has 3 N–H and O–H groups in total. The Kier molecular flexibility index (Phi) is 3.80. The number of rotatable bonds is 2. The van der Waals surface area contributed by atoms with E-state index in [1.165, 1.54) is 12.1 Å². The lowest BCUT2D eigenvalue weighted by Crippen LogP contribution is -2.27. The van der Waals surface area contributed by atoms with E-state index in [4.69, 9.17) is 15.7 Å². The highest BCUT2D eigenvalue weighted by Gasteiger charge is 2.26. The molecule has 0 saturated carbocycles. The van der Waals surface area contributed by atoms with Crippen LogP contribution in [0.4, 0.5) is 4.39 Å². The van der Waals surface area contributed by atoms with Crippen LogP contribution in [0.3, 0.4) is 0 Å². The number of aromatic hydroxyl groups is 1. The summed E-state index contributed by atoms with van der Waals surface area (Å²) < 4.78 is 18.5. The van der Waals surface area contributed by atoms with Crippen molar-refractivity contribution < 1.29 is 14.2 Å². The fraction of sp³-hybridized carbons (Fsp3) is 0.462. The van der Waals surface area contributed by atoms with Gasteiger partial charge in [-0.2, -0.15) is 5.26 Å². The Bertz CT molecular complexity index is 479. The summed E-state index contributed by atoms with van der Waals surface area (Å²) in [7, 11) is 0. The first-order valence-corrected chi connectivity index (χ1v) is 5.90. The Balaban J connectivity index is 2.30. The molecule has 5 heteroatoms. The minimum absolute atomic E-state index is 0.182. The molecule has 0 aliphatic carbocycles. The SMILES string of the molecule is N#Cc1c(F)ccc([C@@H](N)C2CCOCC2)c1O. The second kappa shape index (κ2) is 5.34. The lowest BCUT2D eigenvalue weighted by molar-refractivity contribution is 0.0581. The van der Waals surface area contributed by atoms with Crippen molar-refractivity contribution in [1.82, 2.24) is 0 Å². The molecule has 1 aliphatic rings. The second-order valence-electron chi connectivity index (χ2n) is 4.45. The third-order valence-electron chi connectivity index (χ3n) is 3.40. The van der Waals surface area contributed by atoms with Crippen LogP contribution in [0.25, 0.3) is 0 Å². The summed E-state index contributed by atoms with van der Waals surface area (Å²) in [5.41, 5.74) is 6.19. The molecule has 0 bridgehead atoms. The molecule has 1 saturated heterocycles. The highest BCUT2D eigenvalue weighted by atomic mass is 19.1. The van der Waals surface area contributed by atoms with Crippen LogP contribution in [0, 0.1) is 23.1 Å². The van der Waals surface area contributed by atoms with E-state index >= 15 is 0 Å². The van der Waals surface area contributed by atoms with Crippen LogP contribution < -0.4 is 5.73 Å². The Morgan fingerprint density at radius 1 is 1.44 bits per heavy atom. The summed E-state index contributed by atoms with van der Waals surface area (Å²) in [5, 5.41) is 18.7. The smallest absolute Gasteiger partial charge is 0.144 e. The molecule has 1 heterocycles. The number of hydrogen-bond donors (Lipinski definition) is 2. The normalized spacial score (nSPS) is 18.3. The highest BCUT2D eigenvalue weighted by molar-refractivity contribution is 5.49. The van der Waals surface area contributed by atoms with Crippen molar-refractivity contribution in [3.8, 4) is 11.8 Å². The fourth-order valence-electron chi connectivity index (χ4n) is 2.29. The highest BCUT2D eigenvalue weighted by Crippen LogP contribution is 2.35. The van der Waals surface area contributed by atoms with E-state index in [9.17, 15) is 9.50 Å². The van der Waals surface area contributed by atoms with Crippen LogP contribution in [-0.4, -0.2) is 18.3 Å². The Morgan fingerprint density at radius 2 is 2.11 bits per heavy atom. The van der Waals surface area contributed by atoms with Gasteiger partial charge in [-0.15, -0.1) is 0 Å². The maximum absolute atomic E-state index is 13.3. The lowest BCUT2D eigenvalue weighted by Gasteiger charge is -2.28. The average Bonchev–Trinajstić information content (AvgIpc) is 2.40. The minimum Gasteiger partial charge on any atom is -0.506 e. The van der Waals surface area contributed by atoms with Gasteiger partial charge in [-0.05, 0) is 24.8 Å². The number of nitrogens with zero attached hydrogens (tertiary/aromatic N) is 1. The molecule has 18 heavy (non-hydrogen) atoms. The standard InChI is InChI=1S/C13H15FN2O2/c14-11-2-1-9(13(17)10(11)7-15)12(16)8-3-5-18-6-4-8/h1-2,8,12,17H,3-6,16H2/t12-/m0/s1. The summed E-state index contributed by atoms with van der Waals surface area (Å²) in [6, 6.07) is 3.88. The van der Waals surface area contributed by atoms with Gasteiger partial charge in [0.1, 0.15) is 23.2 Å². The molecule has 1 aromatic rings.